The number of carbonyl (C=O) groups excluding carboxylic acids is 1. The van der Waals surface area contributed by atoms with E-state index < -0.39 is 11.7 Å². The van der Waals surface area contributed by atoms with Gasteiger partial charge in [-0.3, -0.25) is 4.79 Å². The number of nitrogens with zero attached hydrogens (tertiary/aromatic N) is 2. The van der Waals surface area contributed by atoms with Gasteiger partial charge in [0.25, 0.3) is 0 Å². The van der Waals surface area contributed by atoms with Crippen LogP contribution in [0.3, 0.4) is 0 Å². The van der Waals surface area contributed by atoms with E-state index in [-0.39, 0.29) is 10.1 Å². The highest BCUT2D eigenvalue weighted by atomic mass is 32.2. The molecule has 21 heavy (non-hydrogen) atoms. The summed E-state index contributed by atoms with van der Waals surface area (Å²) in [6, 6.07) is 9.91. The second-order valence-electron chi connectivity index (χ2n) is 3.96. The van der Waals surface area contributed by atoms with Crippen molar-refractivity contribution < 1.29 is 18.0 Å². The Bertz CT molecular complexity index is 688. The maximum atomic E-state index is 12.4. The minimum atomic E-state index is -4.45. The number of benzene rings is 1. The minimum Gasteiger partial charge on any atom is -0.281 e. The predicted octanol–water partition coefficient (Wildman–Crippen LogP) is 3.90. The molecule has 0 amide bonds. The van der Waals surface area contributed by atoms with Gasteiger partial charge in [-0.2, -0.15) is 18.4 Å². The van der Waals surface area contributed by atoms with E-state index in [2.05, 4.69) is 4.98 Å². The molecular formula is C14H7F3N2OS. The fraction of sp³-hybridized carbons (Fsp3) is 0.0714. The topological polar surface area (TPSA) is 53.8 Å². The van der Waals surface area contributed by atoms with Gasteiger partial charge in [0.2, 0.25) is 5.12 Å². The molecule has 0 saturated carbocycles. The zero-order chi connectivity index (χ0) is 15.5. The van der Waals surface area contributed by atoms with Gasteiger partial charge in [0, 0.05) is 11.8 Å². The minimum absolute atomic E-state index is 0.178. The molecule has 0 aliphatic rings. The molecular weight excluding hydrogens is 301 g/mol. The van der Waals surface area contributed by atoms with Crippen LogP contribution >= 0.6 is 11.8 Å². The summed E-state index contributed by atoms with van der Waals surface area (Å²) in [6.07, 6.45) is -3.76. The zero-order valence-corrected chi connectivity index (χ0v) is 11.2. The highest BCUT2D eigenvalue weighted by molar-refractivity contribution is 8.14. The van der Waals surface area contributed by atoms with Crippen molar-refractivity contribution >= 4 is 16.9 Å². The molecule has 1 heterocycles. The smallest absolute Gasteiger partial charge is 0.281 e. The van der Waals surface area contributed by atoms with E-state index in [4.69, 9.17) is 5.26 Å². The molecule has 1 aromatic heterocycles. The van der Waals surface area contributed by atoms with Crippen LogP contribution in [0.5, 0.6) is 0 Å². The van der Waals surface area contributed by atoms with Gasteiger partial charge in [0.1, 0.15) is 5.03 Å². The van der Waals surface area contributed by atoms with Crippen molar-refractivity contribution in [3.63, 3.8) is 0 Å². The Morgan fingerprint density at radius 1 is 1.14 bits per heavy atom. The van der Waals surface area contributed by atoms with E-state index in [0.717, 1.165) is 23.9 Å². The maximum absolute atomic E-state index is 12.4. The number of nitriles is 1. The third kappa shape index (κ3) is 3.83. The first kappa shape index (κ1) is 15.1. The number of alkyl halides is 3. The summed E-state index contributed by atoms with van der Waals surface area (Å²) in [5.41, 5.74) is -0.0948. The van der Waals surface area contributed by atoms with Crippen molar-refractivity contribution in [3.8, 4) is 6.07 Å². The van der Waals surface area contributed by atoms with Crippen molar-refractivity contribution in [2.75, 3.05) is 0 Å². The van der Waals surface area contributed by atoms with Crippen LogP contribution in [0, 0.1) is 11.3 Å². The van der Waals surface area contributed by atoms with Crippen LogP contribution in [0.1, 0.15) is 21.5 Å². The molecule has 0 saturated heterocycles. The number of hydrogen-bond donors (Lipinski definition) is 0. The second-order valence-corrected chi connectivity index (χ2v) is 4.95. The predicted molar refractivity (Wildman–Crippen MR) is 70.6 cm³/mol. The van der Waals surface area contributed by atoms with Crippen LogP contribution < -0.4 is 0 Å². The molecule has 1 aromatic carbocycles. The normalized spacial score (nSPS) is 11.0. The highest BCUT2D eigenvalue weighted by Gasteiger charge is 2.30. The summed E-state index contributed by atoms with van der Waals surface area (Å²) in [5.74, 6) is 0. The van der Waals surface area contributed by atoms with Crippen LogP contribution in [0.2, 0.25) is 0 Å². The number of halogens is 3. The van der Waals surface area contributed by atoms with Crippen molar-refractivity contribution in [2.24, 2.45) is 0 Å². The molecule has 0 atom stereocenters. The molecule has 0 N–H and O–H groups in total. The van der Waals surface area contributed by atoms with Gasteiger partial charge < -0.3 is 0 Å². The summed E-state index contributed by atoms with van der Waals surface area (Å²) >= 11 is 0.729. The molecule has 2 rings (SSSR count). The average Bonchev–Trinajstić information content (AvgIpc) is 2.47. The Balaban J connectivity index is 2.10. The number of pyridine rings is 1. The van der Waals surface area contributed by atoms with Crippen LogP contribution in [-0.2, 0) is 6.18 Å². The van der Waals surface area contributed by atoms with Crippen molar-refractivity contribution in [1.29, 1.82) is 5.26 Å². The number of hydrogen-bond acceptors (Lipinski definition) is 4. The first-order chi connectivity index (χ1) is 9.90. The molecule has 0 radical (unpaired) electrons. The summed E-state index contributed by atoms with van der Waals surface area (Å²) < 4.78 is 37.1. The summed E-state index contributed by atoms with van der Waals surface area (Å²) in [6.45, 7) is 0. The van der Waals surface area contributed by atoms with E-state index in [9.17, 15) is 18.0 Å². The maximum Gasteiger partial charge on any atom is 0.417 e. The highest BCUT2D eigenvalue weighted by Crippen LogP contribution is 2.30. The fourth-order valence-electron chi connectivity index (χ4n) is 1.44. The molecule has 3 nitrogen and oxygen atoms in total. The Hall–Kier alpha value is -2.33. The first-order valence-electron chi connectivity index (χ1n) is 5.66. The molecule has 0 unspecified atom stereocenters. The van der Waals surface area contributed by atoms with Crippen molar-refractivity contribution in [3.05, 3.63) is 59.3 Å². The average molecular weight is 308 g/mol. The SMILES string of the molecule is N#Cc1ccc(C(=O)Sc2ccc(C(F)(F)F)cn2)cc1. The lowest BCUT2D eigenvalue weighted by molar-refractivity contribution is -0.137. The Labute approximate surface area is 122 Å². The van der Waals surface area contributed by atoms with E-state index >= 15 is 0 Å². The number of rotatable bonds is 2. The number of aromatic nitrogens is 1. The molecule has 0 fully saturated rings. The van der Waals surface area contributed by atoms with Gasteiger partial charge in [-0.15, -0.1) is 0 Å². The van der Waals surface area contributed by atoms with E-state index in [0.29, 0.717) is 17.3 Å². The standard InChI is InChI=1S/C14H7F3N2OS/c15-14(16,17)11-5-6-12(19-8-11)21-13(20)10-3-1-9(7-18)2-4-10/h1-6,8H. The second kappa shape index (κ2) is 5.97. The Morgan fingerprint density at radius 3 is 2.29 bits per heavy atom. The largest absolute Gasteiger partial charge is 0.417 e. The molecule has 0 bridgehead atoms. The lowest BCUT2D eigenvalue weighted by Crippen LogP contribution is -2.05. The van der Waals surface area contributed by atoms with Crippen molar-refractivity contribution in [2.45, 2.75) is 11.2 Å². The molecule has 7 heteroatoms. The van der Waals surface area contributed by atoms with Gasteiger partial charge in [-0.25, -0.2) is 4.98 Å². The molecule has 2 aromatic rings. The van der Waals surface area contributed by atoms with Crippen LogP contribution in [0.4, 0.5) is 13.2 Å². The van der Waals surface area contributed by atoms with Crippen LogP contribution in [-0.4, -0.2) is 10.1 Å². The number of carbonyl (C=O) groups is 1. The van der Waals surface area contributed by atoms with E-state index in [1.807, 2.05) is 6.07 Å². The monoisotopic (exact) mass is 308 g/mol. The molecule has 0 aliphatic carbocycles. The Morgan fingerprint density at radius 2 is 1.81 bits per heavy atom. The zero-order valence-electron chi connectivity index (χ0n) is 10.4. The summed E-state index contributed by atoms with van der Waals surface area (Å²) in [4.78, 5) is 15.5. The summed E-state index contributed by atoms with van der Waals surface area (Å²) in [5, 5.41) is 8.48. The third-order valence-electron chi connectivity index (χ3n) is 2.51. The van der Waals surface area contributed by atoms with Gasteiger partial charge in [0.05, 0.1) is 17.2 Å². The molecule has 106 valence electrons. The lowest BCUT2D eigenvalue weighted by Gasteiger charge is -2.06. The van der Waals surface area contributed by atoms with Gasteiger partial charge in [0.15, 0.2) is 0 Å². The van der Waals surface area contributed by atoms with Crippen molar-refractivity contribution in [1.82, 2.24) is 4.98 Å². The summed E-state index contributed by atoms with van der Waals surface area (Å²) in [7, 11) is 0. The molecule has 0 spiro atoms. The Kier molecular flexibility index (Phi) is 4.29. The van der Waals surface area contributed by atoms with Crippen LogP contribution in [0.15, 0.2) is 47.6 Å². The fourth-order valence-corrected chi connectivity index (χ4v) is 2.13. The third-order valence-corrected chi connectivity index (χ3v) is 3.38. The quantitative estimate of drug-likeness (QED) is 0.789. The van der Waals surface area contributed by atoms with E-state index in [1.54, 1.807) is 0 Å². The van der Waals surface area contributed by atoms with Crippen LogP contribution in [0.25, 0.3) is 0 Å². The van der Waals surface area contributed by atoms with Gasteiger partial charge in [-0.05, 0) is 48.2 Å². The number of thioether (sulfide) groups is 1. The molecule has 0 aliphatic heterocycles. The first-order valence-corrected chi connectivity index (χ1v) is 6.47. The van der Waals surface area contributed by atoms with Gasteiger partial charge >= 0.3 is 6.18 Å². The van der Waals surface area contributed by atoms with E-state index in [1.165, 1.54) is 24.3 Å². The van der Waals surface area contributed by atoms with Gasteiger partial charge in [-0.1, -0.05) is 0 Å². The lowest BCUT2D eigenvalue weighted by atomic mass is 10.2.